The smallest absolute Gasteiger partial charge is 0.193 e. The standard InChI is InChI=1S/C19H36N6O.HI/c1-6-20-19(24(4)10-7-16-8-11-26-12-9-16)21-14-18(23(2)3)17-13-22-25(5)15-17;/h13,15-16,18H,6-12,14H2,1-5H3,(H,20,21);1H. The van der Waals surface area contributed by atoms with Crippen molar-refractivity contribution < 1.29 is 4.74 Å². The highest BCUT2D eigenvalue weighted by Gasteiger charge is 2.18. The van der Waals surface area contributed by atoms with Crippen molar-refractivity contribution >= 4 is 29.9 Å². The van der Waals surface area contributed by atoms with E-state index in [0.29, 0.717) is 6.54 Å². The number of aromatic nitrogens is 2. The fourth-order valence-corrected chi connectivity index (χ4v) is 3.34. The van der Waals surface area contributed by atoms with E-state index in [1.807, 2.05) is 17.9 Å². The van der Waals surface area contributed by atoms with Crippen LogP contribution in [0.25, 0.3) is 0 Å². The van der Waals surface area contributed by atoms with Crippen molar-refractivity contribution in [3.05, 3.63) is 18.0 Å². The summed E-state index contributed by atoms with van der Waals surface area (Å²) >= 11 is 0. The molecule has 1 fully saturated rings. The van der Waals surface area contributed by atoms with E-state index < -0.39 is 0 Å². The summed E-state index contributed by atoms with van der Waals surface area (Å²) in [6, 6.07) is 0.223. The van der Waals surface area contributed by atoms with Gasteiger partial charge in [-0.1, -0.05) is 0 Å². The number of hydrogen-bond donors (Lipinski definition) is 1. The number of hydrogen-bond acceptors (Lipinski definition) is 4. The maximum atomic E-state index is 5.46. The van der Waals surface area contributed by atoms with Crippen molar-refractivity contribution in [2.45, 2.75) is 32.2 Å². The zero-order valence-corrected chi connectivity index (χ0v) is 19.8. The summed E-state index contributed by atoms with van der Waals surface area (Å²) < 4.78 is 7.31. The summed E-state index contributed by atoms with van der Waals surface area (Å²) in [5, 5.41) is 7.74. The minimum atomic E-state index is 0. The largest absolute Gasteiger partial charge is 0.381 e. The van der Waals surface area contributed by atoms with Crippen molar-refractivity contribution in [2.24, 2.45) is 18.0 Å². The summed E-state index contributed by atoms with van der Waals surface area (Å²) in [5.74, 6) is 1.76. The number of rotatable bonds is 8. The first-order chi connectivity index (χ1) is 12.5. The molecule has 2 rings (SSSR count). The van der Waals surface area contributed by atoms with E-state index in [0.717, 1.165) is 38.2 Å². The van der Waals surface area contributed by atoms with Crippen LogP contribution in [0.3, 0.4) is 0 Å². The van der Waals surface area contributed by atoms with E-state index >= 15 is 0 Å². The molecule has 7 nitrogen and oxygen atoms in total. The van der Waals surface area contributed by atoms with Crippen LogP contribution in [0.4, 0.5) is 0 Å². The monoisotopic (exact) mass is 492 g/mol. The molecule has 0 spiro atoms. The first-order valence-electron chi connectivity index (χ1n) is 9.73. The Morgan fingerprint density at radius 2 is 2.07 bits per heavy atom. The maximum Gasteiger partial charge on any atom is 0.193 e. The lowest BCUT2D eigenvalue weighted by atomic mass is 9.96. The molecule has 0 saturated carbocycles. The van der Waals surface area contributed by atoms with Crippen LogP contribution in [-0.4, -0.2) is 79.5 Å². The molecular weight excluding hydrogens is 455 g/mol. The van der Waals surface area contributed by atoms with Crippen molar-refractivity contribution in [1.29, 1.82) is 0 Å². The first kappa shape index (κ1) is 24.2. The van der Waals surface area contributed by atoms with Gasteiger partial charge in [0.15, 0.2) is 5.96 Å². The maximum absolute atomic E-state index is 5.46. The van der Waals surface area contributed by atoms with E-state index in [-0.39, 0.29) is 30.0 Å². The molecule has 1 aliphatic rings. The van der Waals surface area contributed by atoms with Crippen LogP contribution >= 0.6 is 24.0 Å². The second-order valence-electron chi connectivity index (χ2n) is 7.39. The lowest BCUT2D eigenvalue weighted by Gasteiger charge is -2.28. The van der Waals surface area contributed by atoms with Gasteiger partial charge < -0.3 is 19.9 Å². The molecule has 27 heavy (non-hydrogen) atoms. The molecule has 1 N–H and O–H groups in total. The minimum absolute atomic E-state index is 0. The number of aryl methyl sites for hydroxylation is 1. The van der Waals surface area contributed by atoms with Crippen LogP contribution in [0.5, 0.6) is 0 Å². The van der Waals surface area contributed by atoms with E-state index in [9.17, 15) is 0 Å². The highest BCUT2D eigenvalue weighted by atomic mass is 127. The van der Waals surface area contributed by atoms with Gasteiger partial charge in [0.25, 0.3) is 0 Å². The molecule has 0 aromatic carbocycles. The van der Waals surface area contributed by atoms with Crippen molar-refractivity contribution in [2.75, 3.05) is 54.0 Å². The second-order valence-corrected chi connectivity index (χ2v) is 7.39. The summed E-state index contributed by atoms with van der Waals surface area (Å²) in [7, 11) is 8.27. The quantitative estimate of drug-likeness (QED) is 0.343. The molecule has 1 aromatic heterocycles. The fraction of sp³-hybridized carbons (Fsp3) is 0.789. The van der Waals surface area contributed by atoms with Gasteiger partial charge in [0.1, 0.15) is 0 Å². The zero-order chi connectivity index (χ0) is 18.9. The molecule has 156 valence electrons. The lowest BCUT2D eigenvalue weighted by molar-refractivity contribution is 0.0625. The van der Waals surface area contributed by atoms with Gasteiger partial charge in [-0.05, 0) is 46.2 Å². The van der Waals surface area contributed by atoms with Gasteiger partial charge in [-0.2, -0.15) is 5.10 Å². The summed E-state index contributed by atoms with van der Waals surface area (Å²) in [6.45, 7) is 6.56. The van der Waals surface area contributed by atoms with Gasteiger partial charge in [0.05, 0.1) is 18.8 Å². The molecule has 1 unspecified atom stereocenters. The Bertz CT molecular complexity index is 556. The highest BCUT2D eigenvalue weighted by molar-refractivity contribution is 14.0. The van der Waals surface area contributed by atoms with Crippen LogP contribution in [0.2, 0.25) is 0 Å². The Labute approximate surface area is 181 Å². The van der Waals surface area contributed by atoms with Gasteiger partial charge >= 0.3 is 0 Å². The molecule has 1 aliphatic heterocycles. The molecule has 8 heteroatoms. The van der Waals surface area contributed by atoms with E-state index in [2.05, 4.69) is 54.5 Å². The molecule has 0 bridgehead atoms. The Morgan fingerprint density at radius 3 is 2.63 bits per heavy atom. The Balaban J connectivity index is 0.00000364. The average Bonchev–Trinajstić information content (AvgIpc) is 3.05. The van der Waals surface area contributed by atoms with Crippen LogP contribution in [0.15, 0.2) is 17.4 Å². The SMILES string of the molecule is CCNC(=NCC(c1cnn(C)c1)N(C)C)N(C)CCC1CCOCC1.I. The van der Waals surface area contributed by atoms with Crippen molar-refractivity contribution in [3.63, 3.8) is 0 Å². The van der Waals surface area contributed by atoms with Gasteiger partial charge in [0, 0.05) is 52.2 Å². The number of nitrogens with one attached hydrogen (secondary N) is 1. The number of halogens is 1. The molecule has 1 atom stereocenters. The van der Waals surface area contributed by atoms with Crippen LogP contribution in [-0.2, 0) is 11.8 Å². The third kappa shape index (κ3) is 7.95. The highest BCUT2D eigenvalue weighted by Crippen LogP contribution is 2.19. The molecule has 2 heterocycles. The number of likely N-dealkylation sites (N-methyl/N-ethyl adjacent to an activating group) is 1. The third-order valence-electron chi connectivity index (χ3n) is 5.06. The van der Waals surface area contributed by atoms with Crippen molar-refractivity contribution in [3.8, 4) is 0 Å². The van der Waals surface area contributed by atoms with Gasteiger partial charge in [-0.15, -0.1) is 24.0 Å². The first-order valence-corrected chi connectivity index (χ1v) is 9.73. The van der Waals surface area contributed by atoms with Crippen LogP contribution in [0, 0.1) is 5.92 Å². The van der Waals surface area contributed by atoms with Gasteiger partial charge in [-0.3, -0.25) is 9.67 Å². The molecule has 0 radical (unpaired) electrons. The van der Waals surface area contributed by atoms with Gasteiger partial charge in [0.2, 0.25) is 0 Å². The number of guanidine groups is 1. The van der Waals surface area contributed by atoms with Gasteiger partial charge in [-0.25, -0.2) is 0 Å². The Morgan fingerprint density at radius 1 is 1.37 bits per heavy atom. The average molecular weight is 492 g/mol. The molecule has 0 amide bonds. The van der Waals surface area contributed by atoms with E-state index in [1.165, 1.54) is 24.8 Å². The van der Waals surface area contributed by atoms with E-state index in [4.69, 9.17) is 9.73 Å². The molecule has 1 aromatic rings. The zero-order valence-electron chi connectivity index (χ0n) is 17.5. The molecular formula is C19H37IN6O. The van der Waals surface area contributed by atoms with Crippen LogP contribution in [0.1, 0.15) is 37.8 Å². The molecule has 1 saturated heterocycles. The number of aliphatic imine (C=N–C) groups is 1. The summed E-state index contributed by atoms with van der Waals surface area (Å²) in [6.07, 6.45) is 7.57. The fourth-order valence-electron chi connectivity index (χ4n) is 3.34. The topological polar surface area (TPSA) is 57.9 Å². The molecule has 0 aliphatic carbocycles. The predicted octanol–water partition coefficient (Wildman–Crippen LogP) is 2.35. The number of ether oxygens (including phenoxy) is 1. The second kappa shape index (κ2) is 12.6. The Kier molecular flexibility index (Phi) is 11.2. The predicted molar refractivity (Wildman–Crippen MR) is 122 cm³/mol. The van der Waals surface area contributed by atoms with Crippen molar-refractivity contribution in [1.82, 2.24) is 24.9 Å². The summed E-state index contributed by atoms with van der Waals surface area (Å²) in [4.78, 5) is 9.37. The summed E-state index contributed by atoms with van der Waals surface area (Å²) in [5.41, 5.74) is 1.20. The normalized spacial score (nSPS) is 16.9. The Hall–Kier alpha value is -0.870. The van der Waals surface area contributed by atoms with Crippen LogP contribution < -0.4 is 5.32 Å². The lowest BCUT2D eigenvalue weighted by Crippen LogP contribution is -2.40. The third-order valence-corrected chi connectivity index (χ3v) is 5.06. The number of nitrogens with zero attached hydrogens (tertiary/aromatic N) is 5. The minimum Gasteiger partial charge on any atom is -0.381 e. The van der Waals surface area contributed by atoms with E-state index in [1.54, 1.807) is 0 Å².